The van der Waals surface area contributed by atoms with Crippen LogP contribution in [0, 0.1) is 0 Å². The molecule has 0 fully saturated rings. The Morgan fingerprint density at radius 2 is 1.69 bits per heavy atom. The SMILES string of the molecule is COc1ccc(S(=O)(=O)Nc2ccccc2CCc2cccc(C(=O)O)c2)cc1. The van der Waals surface area contributed by atoms with Crippen LogP contribution in [0.5, 0.6) is 5.75 Å². The van der Waals surface area contributed by atoms with E-state index in [1.807, 2.05) is 18.2 Å². The molecule has 0 atom stereocenters. The lowest BCUT2D eigenvalue weighted by Gasteiger charge is -2.13. The molecule has 2 N–H and O–H groups in total. The summed E-state index contributed by atoms with van der Waals surface area (Å²) in [6.07, 6.45) is 1.15. The lowest BCUT2D eigenvalue weighted by atomic mass is 10.0. The number of aryl methyl sites for hydroxylation is 2. The summed E-state index contributed by atoms with van der Waals surface area (Å²) in [4.78, 5) is 11.3. The second-order valence-electron chi connectivity index (χ2n) is 6.44. The van der Waals surface area contributed by atoms with Crippen LogP contribution in [0.15, 0.2) is 77.7 Å². The molecular formula is C22H21NO5S. The topological polar surface area (TPSA) is 92.7 Å². The largest absolute Gasteiger partial charge is 0.497 e. The van der Waals surface area contributed by atoms with Crippen molar-refractivity contribution in [1.82, 2.24) is 0 Å². The quantitative estimate of drug-likeness (QED) is 0.585. The number of benzene rings is 3. The van der Waals surface area contributed by atoms with E-state index >= 15 is 0 Å². The second kappa shape index (κ2) is 8.79. The third-order valence-corrected chi connectivity index (χ3v) is 5.87. The van der Waals surface area contributed by atoms with Crippen LogP contribution in [0.4, 0.5) is 5.69 Å². The summed E-state index contributed by atoms with van der Waals surface area (Å²) < 4.78 is 33.2. The third kappa shape index (κ3) is 5.14. The van der Waals surface area contributed by atoms with Crippen LogP contribution in [-0.4, -0.2) is 26.6 Å². The molecule has 0 radical (unpaired) electrons. The van der Waals surface area contributed by atoms with Gasteiger partial charge in [0.25, 0.3) is 10.0 Å². The van der Waals surface area contributed by atoms with Gasteiger partial charge in [-0.3, -0.25) is 4.72 Å². The molecule has 0 bridgehead atoms. The highest BCUT2D eigenvalue weighted by Crippen LogP contribution is 2.23. The zero-order valence-corrected chi connectivity index (χ0v) is 16.6. The van der Waals surface area contributed by atoms with E-state index in [0.717, 1.165) is 11.1 Å². The number of carboxylic acid groups (broad SMARTS) is 1. The summed E-state index contributed by atoms with van der Waals surface area (Å²) in [6, 6.07) is 20.1. The van der Waals surface area contributed by atoms with Crippen LogP contribution in [-0.2, 0) is 22.9 Å². The average Bonchev–Trinajstić information content (AvgIpc) is 2.73. The number of carbonyl (C=O) groups is 1. The Kier molecular flexibility index (Phi) is 6.19. The maximum absolute atomic E-state index is 12.7. The van der Waals surface area contributed by atoms with Gasteiger partial charge in [0.2, 0.25) is 0 Å². The Hall–Kier alpha value is -3.32. The normalized spacial score (nSPS) is 11.1. The van der Waals surface area contributed by atoms with Crippen LogP contribution >= 0.6 is 0 Å². The summed E-state index contributed by atoms with van der Waals surface area (Å²) in [6.45, 7) is 0. The fourth-order valence-corrected chi connectivity index (χ4v) is 4.04. The van der Waals surface area contributed by atoms with Crippen molar-refractivity contribution in [2.24, 2.45) is 0 Å². The Labute approximate surface area is 169 Å². The van der Waals surface area contributed by atoms with Gasteiger partial charge in [-0.2, -0.15) is 0 Å². The molecule has 0 saturated carbocycles. The van der Waals surface area contributed by atoms with Crippen LogP contribution in [0.3, 0.4) is 0 Å². The van der Waals surface area contributed by atoms with Gasteiger partial charge in [0.05, 0.1) is 23.3 Å². The zero-order chi connectivity index (χ0) is 20.9. The molecule has 0 aromatic heterocycles. The van der Waals surface area contributed by atoms with Crippen LogP contribution < -0.4 is 9.46 Å². The highest BCUT2D eigenvalue weighted by Gasteiger charge is 2.16. The molecule has 0 spiro atoms. The van der Waals surface area contributed by atoms with Crippen LogP contribution in [0.1, 0.15) is 21.5 Å². The fourth-order valence-electron chi connectivity index (χ4n) is 2.94. The Morgan fingerprint density at radius 3 is 2.38 bits per heavy atom. The van der Waals surface area contributed by atoms with Crippen molar-refractivity contribution >= 4 is 21.7 Å². The van der Waals surface area contributed by atoms with Crippen LogP contribution in [0.2, 0.25) is 0 Å². The lowest BCUT2D eigenvalue weighted by Crippen LogP contribution is -2.14. The van der Waals surface area contributed by atoms with Gasteiger partial charge in [-0.1, -0.05) is 30.3 Å². The Balaban J connectivity index is 1.78. The van der Waals surface area contributed by atoms with E-state index in [-0.39, 0.29) is 10.5 Å². The highest BCUT2D eigenvalue weighted by molar-refractivity contribution is 7.92. The van der Waals surface area contributed by atoms with Crippen molar-refractivity contribution in [3.63, 3.8) is 0 Å². The van der Waals surface area contributed by atoms with Gasteiger partial charge in [0.1, 0.15) is 5.75 Å². The number of anilines is 1. The maximum atomic E-state index is 12.7. The first-order valence-electron chi connectivity index (χ1n) is 8.96. The third-order valence-electron chi connectivity index (χ3n) is 4.49. The number of hydrogen-bond acceptors (Lipinski definition) is 4. The molecule has 6 nitrogen and oxygen atoms in total. The fraction of sp³-hybridized carbons (Fsp3) is 0.136. The molecule has 0 aliphatic heterocycles. The van der Waals surface area contributed by atoms with E-state index in [0.29, 0.717) is 24.3 Å². The summed E-state index contributed by atoms with van der Waals surface area (Å²) in [7, 11) is -2.23. The van der Waals surface area contributed by atoms with Gasteiger partial charge < -0.3 is 9.84 Å². The minimum absolute atomic E-state index is 0.141. The molecular weight excluding hydrogens is 390 g/mol. The molecule has 0 aliphatic rings. The summed E-state index contributed by atoms with van der Waals surface area (Å²) in [5.41, 5.74) is 2.43. The first kappa shape index (κ1) is 20.4. The molecule has 0 saturated heterocycles. The van der Waals surface area contributed by atoms with Crippen molar-refractivity contribution in [1.29, 1.82) is 0 Å². The predicted molar refractivity (Wildman–Crippen MR) is 111 cm³/mol. The Morgan fingerprint density at radius 1 is 0.966 bits per heavy atom. The summed E-state index contributed by atoms with van der Waals surface area (Å²) >= 11 is 0. The number of nitrogens with one attached hydrogen (secondary N) is 1. The summed E-state index contributed by atoms with van der Waals surface area (Å²) in [5.74, 6) is -0.396. The molecule has 3 aromatic rings. The molecule has 0 aliphatic carbocycles. The molecule has 7 heteroatoms. The van der Waals surface area contributed by atoms with Crippen molar-refractivity contribution in [2.45, 2.75) is 17.7 Å². The van der Waals surface area contributed by atoms with Gasteiger partial charge in [0, 0.05) is 0 Å². The van der Waals surface area contributed by atoms with E-state index in [1.54, 1.807) is 42.5 Å². The van der Waals surface area contributed by atoms with E-state index in [2.05, 4.69) is 4.72 Å². The van der Waals surface area contributed by atoms with Crippen molar-refractivity contribution < 1.29 is 23.1 Å². The van der Waals surface area contributed by atoms with E-state index < -0.39 is 16.0 Å². The number of hydrogen-bond donors (Lipinski definition) is 2. The van der Waals surface area contributed by atoms with Crippen molar-refractivity contribution in [3.8, 4) is 5.75 Å². The standard InChI is InChI=1S/C22H21NO5S/c1-28-19-11-13-20(14-12-19)29(26,27)23-21-8-3-2-6-17(21)10-9-16-5-4-7-18(15-16)22(24)25/h2-8,11-15,23H,9-10H2,1H3,(H,24,25). The number of methoxy groups -OCH3 is 1. The van der Waals surface area contributed by atoms with Crippen molar-refractivity contribution in [2.75, 3.05) is 11.8 Å². The highest BCUT2D eigenvalue weighted by atomic mass is 32.2. The second-order valence-corrected chi connectivity index (χ2v) is 8.13. The first-order chi connectivity index (χ1) is 13.9. The zero-order valence-electron chi connectivity index (χ0n) is 15.8. The Bertz CT molecular complexity index is 1110. The lowest BCUT2D eigenvalue weighted by molar-refractivity contribution is 0.0696. The minimum atomic E-state index is -3.74. The molecule has 0 amide bonds. The van der Waals surface area contributed by atoms with E-state index in [1.165, 1.54) is 19.2 Å². The molecule has 29 heavy (non-hydrogen) atoms. The van der Waals surface area contributed by atoms with Gasteiger partial charge in [0.15, 0.2) is 0 Å². The number of carboxylic acids is 1. The average molecular weight is 411 g/mol. The van der Waals surface area contributed by atoms with E-state index in [4.69, 9.17) is 9.84 Å². The van der Waals surface area contributed by atoms with Gasteiger partial charge in [-0.05, 0) is 66.4 Å². The van der Waals surface area contributed by atoms with Gasteiger partial charge in [-0.25, -0.2) is 13.2 Å². The number of ether oxygens (including phenoxy) is 1. The predicted octanol–water partition coefficient (Wildman–Crippen LogP) is 3.98. The number of rotatable bonds is 8. The molecule has 150 valence electrons. The smallest absolute Gasteiger partial charge is 0.335 e. The first-order valence-corrected chi connectivity index (χ1v) is 10.4. The van der Waals surface area contributed by atoms with Crippen LogP contribution in [0.25, 0.3) is 0 Å². The molecule has 0 unspecified atom stereocenters. The molecule has 3 rings (SSSR count). The van der Waals surface area contributed by atoms with Crippen molar-refractivity contribution in [3.05, 3.63) is 89.5 Å². The number of sulfonamides is 1. The number of para-hydroxylation sites is 1. The molecule has 3 aromatic carbocycles. The maximum Gasteiger partial charge on any atom is 0.335 e. The van der Waals surface area contributed by atoms with E-state index in [9.17, 15) is 13.2 Å². The minimum Gasteiger partial charge on any atom is -0.497 e. The van der Waals surface area contributed by atoms with Gasteiger partial charge in [-0.15, -0.1) is 0 Å². The van der Waals surface area contributed by atoms with Gasteiger partial charge >= 0.3 is 5.97 Å². The molecule has 0 heterocycles. The monoisotopic (exact) mass is 411 g/mol. The number of aromatic carboxylic acids is 1. The summed E-state index contributed by atoms with van der Waals surface area (Å²) in [5, 5.41) is 9.12.